The van der Waals surface area contributed by atoms with Crippen LogP contribution in [0, 0.1) is 0 Å². The zero-order chi connectivity index (χ0) is 11.9. The molecule has 0 N–H and O–H groups in total. The van der Waals surface area contributed by atoms with E-state index in [0.717, 1.165) is 0 Å². The fraction of sp³-hybridized carbons (Fsp3) is 0. The first kappa shape index (κ1) is 12.7. The van der Waals surface area contributed by atoms with Crippen LogP contribution in [0.2, 0.25) is 0 Å². The van der Waals surface area contributed by atoms with Crippen LogP contribution in [0.15, 0.2) is 93.4 Å². The first-order chi connectivity index (χ1) is 7.91. The maximum atomic E-state index is 3.29. The van der Waals surface area contributed by atoms with Gasteiger partial charge in [0.25, 0.3) is 0 Å². The second kappa shape index (κ2) is 11.7. The lowest BCUT2D eigenvalue weighted by Gasteiger charge is -1.39. The summed E-state index contributed by atoms with van der Waals surface area (Å²) in [6, 6.07) is 0. The summed E-state index contributed by atoms with van der Waals surface area (Å²) in [5.74, 6) is 0. The van der Waals surface area contributed by atoms with Gasteiger partial charge in [0.2, 0.25) is 0 Å². The third-order valence-electron chi connectivity index (χ3n) is 0.864. The van der Waals surface area contributed by atoms with Crippen molar-refractivity contribution in [2.45, 2.75) is 0 Å². The zero-order valence-electron chi connectivity index (χ0n) is 8.41. The molecule has 68 valence electrons. The van der Waals surface area contributed by atoms with Crippen LogP contribution in [0.5, 0.6) is 0 Å². The Hall–Kier alpha value is -3.34. The van der Waals surface area contributed by atoms with Gasteiger partial charge in [-0.1, -0.05) is 11.5 Å². The normalized spacial score (nSPS) is 3.75. The standard InChI is InChI=1S/C16H4/c1-3-5-7-9-11-13-15-16-14-12-10-8-6-4-2/h1-2H2. The first-order valence-electron chi connectivity index (χ1n) is 3.96. The molecule has 0 bridgehead atoms. The highest BCUT2D eigenvalue weighted by Crippen LogP contribution is 1.56. The van der Waals surface area contributed by atoms with Crippen LogP contribution in [-0.4, -0.2) is 0 Å². The van der Waals surface area contributed by atoms with Crippen LogP contribution in [-0.2, 0) is 0 Å². The van der Waals surface area contributed by atoms with Crippen molar-refractivity contribution in [1.29, 1.82) is 0 Å². The monoisotopic (exact) mass is 196 g/mol. The van der Waals surface area contributed by atoms with Gasteiger partial charge in [-0.2, -0.15) is 0 Å². The quantitative estimate of drug-likeness (QED) is 0.522. The molecule has 0 heteroatoms. The van der Waals surface area contributed by atoms with Crippen LogP contribution in [0.3, 0.4) is 0 Å². The van der Waals surface area contributed by atoms with Crippen molar-refractivity contribution in [2.75, 3.05) is 0 Å². The van der Waals surface area contributed by atoms with Crippen molar-refractivity contribution in [3.8, 4) is 0 Å². The predicted molar refractivity (Wildman–Crippen MR) is 60.4 cm³/mol. The van der Waals surface area contributed by atoms with Crippen LogP contribution < -0.4 is 0 Å². The Morgan fingerprint density at radius 3 is 0.688 bits per heavy atom. The van der Waals surface area contributed by atoms with Crippen molar-refractivity contribution < 1.29 is 0 Å². The fourth-order valence-electron chi connectivity index (χ4n) is 0.401. The van der Waals surface area contributed by atoms with E-state index < -0.39 is 0 Å². The van der Waals surface area contributed by atoms with E-state index in [1.165, 1.54) is 0 Å². The Balaban J connectivity index is 5.66. The molecule has 0 spiro atoms. The summed E-state index contributed by atoms with van der Waals surface area (Å²) in [6.07, 6.45) is 0. The molecule has 0 unspecified atom stereocenters. The summed E-state index contributed by atoms with van der Waals surface area (Å²) < 4.78 is 0. The molecule has 0 atom stereocenters. The first-order valence-corrected chi connectivity index (χ1v) is 3.96. The Labute approximate surface area is 93.9 Å². The summed E-state index contributed by atoms with van der Waals surface area (Å²) in [6.45, 7) is 6.58. The fourth-order valence-corrected chi connectivity index (χ4v) is 0.401. The molecule has 0 aromatic heterocycles. The third-order valence-corrected chi connectivity index (χ3v) is 0.864. The molecule has 0 fully saturated rings. The Kier molecular flexibility index (Phi) is 9.23. The molecule has 0 saturated heterocycles. The number of rotatable bonds is 0. The van der Waals surface area contributed by atoms with E-state index in [-0.39, 0.29) is 0 Å². The summed E-state index contributed by atoms with van der Waals surface area (Å²) >= 11 is 0. The van der Waals surface area contributed by atoms with Gasteiger partial charge in [0.15, 0.2) is 0 Å². The van der Waals surface area contributed by atoms with Gasteiger partial charge in [-0.25, -0.2) is 0 Å². The van der Waals surface area contributed by atoms with E-state index in [0.29, 0.717) is 0 Å². The molecule has 0 rings (SSSR count). The van der Waals surface area contributed by atoms with Crippen LogP contribution in [0.1, 0.15) is 0 Å². The van der Waals surface area contributed by atoms with Gasteiger partial charge in [0.1, 0.15) is 0 Å². The highest BCUT2D eigenvalue weighted by Gasteiger charge is 1.40. The van der Waals surface area contributed by atoms with Crippen molar-refractivity contribution in [3.63, 3.8) is 0 Å². The molecule has 16 heavy (non-hydrogen) atoms. The van der Waals surface area contributed by atoms with E-state index in [1.807, 2.05) is 0 Å². The van der Waals surface area contributed by atoms with E-state index >= 15 is 0 Å². The second-order valence-electron chi connectivity index (χ2n) is 1.85. The SMILES string of the molecule is C=C=C=C=C=C=C=C=C=C=C=C=C=C=C=C. The van der Waals surface area contributed by atoms with Gasteiger partial charge in [0, 0.05) is 0 Å². The lowest BCUT2D eigenvalue weighted by molar-refractivity contribution is 2.12. The van der Waals surface area contributed by atoms with Crippen molar-refractivity contribution in [1.82, 2.24) is 0 Å². The smallest absolute Gasteiger partial charge is 0.00000000000928 e. The van der Waals surface area contributed by atoms with Crippen LogP contribution >= 0.6 is 0 Å². The Morgan fingerprint density at radius 1 is 0.312 bits per heavy atom. The summed E-state index contributed by atoms with van der Waals surface area (Å²) in [5.41, 5.74) is 34.4. The van der Waals surface area contributed by atoms with Gasteiger partial charge < -0.3 is 0 Å². The zero-order valence-corrected chi connectivity index (χ0v) is 8.41. The predicted octanol–water partition coefficient (Wildman–Crippen LogP) is 2.97. The molecule has 0 aromatic rings. The summed E-state index contributed by atoms with van der Waals surface area (Å²) in [7, 11) is 0. The molecule has 0 saturated carbocycles. The van der Waals surface area contributed by atoms with Crippen molar-refractivity contribution in [2.24, 2.45) is 0 Å². The largest absolute Gasteiger partial charge is 0.0687 e. The third kappa shape index (κ3) is 10.7. The van der Waals surface area contributed by atoms with Crippen LogP contribution in [0.4, 0.5) is 0 Å². The highest BCUT2D eigenvalue weighted by atomic mass is 13.4. The molecular weight excluding hydrogens is 192 g/mol. The molecule has 0 aromatic carbocycles. The number of hydrogen-bond acceptors (Lipinski definition) is 0. The minimum absolute atomic E-state index is 2.37. The molecule has 0 amide bonds. The van der Waals surface area contributed by atoms with Crippen molar-refractivity contribution in [3.05, 3.63) is 93.4 Å². The van der Waals surface area contributed by atoms with Gasteiger partial charge >= 0.3 is 0 Å². The van der Waals surface area contributed by atoms with Crippen molar-refractivity contribution >= 4 is 0 Å². The van der Waals surface area contributed by atoms with Gasteiger partial charge in [0.05, 0.1) is 0 Å². The maximum absolute atomic E-state index is 3.29. The van der Waals surface area contributed by atoms with E-state index in [4.69, 9.17) is 0 Å². The summed E-state index contributed by atoms with van der Waals surface area (Å²) in [5, 5.41) is 0. The minimum atomic E-state index is 2.37. The minimum Gasteiger partial charge on any atom is -0.0687 e. The van der Waals surface area contributed by atoms with Gasteiger partial charge in [-0.15, -0.1) is 0 Å². The average Bonchev–Trinajstić information content (AvgIpc) is 2.31. The number of hydrogen-bond donors (Lipinski definition) is 0. The van der Waals surface area contributed by atoms with Gasteiger partial charge in [-0.3, -0.25) is 0 Å². The molecule has 0 aliphatic heterocycles. The molecular formula is C16H4. The summed E-state index contributed by atoms with van der Waals surface area (Å²) in [4.78, 5) is 0. The van der Waals surface area contributed by atoms with Gasteiger partial charge in [-0.05, 0) is 81.9 Å². The lowest BCUT2D eigenvalue weighted by atomic mass is 10.6. The average molecular weight is 196 g/mol. The Bertz CT molecular complexity index is 691. The molecule has 0 nitrogen and oxygen atoms in total. The molecule has 0 radical (unpaired) electrons. The topological polar surface area (TPSA) is 0 Å². The van der Waals surface area contributed by atoms with E-state index in [9.17, 15) is 0 Å². The van der Waals surface area contributed by atoms with E-state index in [2.05, 4.69) is 93.4 Å². The lowest BCUT2D eigenvalue weighted by Crippen LogP contribution is -1.23. The highest BCUT2D eigenvalue weighted by molar-refractivity contribution is 4.91. The molecule has 0 aliphatic rings. The second-order valence-corrected chi connectivity index (χ2v) is 1.85. The van der Waals surface area contributed by atoms with Crippen LogP contribution in [0.25, 0.3) is 0 Å². The Morgan fingerprint density at radius 2 is 0.500 bits per heavy atom. The maximum Gasteiger partial charge on any atom is -0.00000000000928 e. The van der Waals surface area contributed by atoms with E-state index in [1.54, 1.807) is 0 Å². The molecule has 0 aliphatic carbocycles. The molecule has 0 heterocycles.